The lowest BCUT2D eigenvalue weighted by Gasteiger charge is -2.04. The van der Waals surface area contributed by atoms with Crippen LogP contribution in [0.2, 0.25) is 0 Å². The number of rotatable bonds is 4. The van der Waals surface area contributed by atoms with Gasteiger partial charge in [-0.05, 0) is 42.8 Å². The smallest absolute Gasteiger partial charge is 0.168 e. The Hall–Kier alpha value is -1.09. The van der Waals surface area contributed by atoms with Gasteiger partial charge in [-0.1, -0.05) is 25.5 Å². The molecule has 3 N–H and O–H groups in total. The van der Waals surface area contributed by atoms with Gasteiger partial charge in [-0.2, -0.15) is 0 Å². The SMILES string of the molecule is CCCCc1ccc(NC(N)=S)cc1. The number of hydrogen-bond acceptors (Lipinski definition) is 1. The first-order chi connectivity index (χ1) is 6.72. The predicted octanol–water partition coefficient (Wildman–Crippen LogP) is 2.68. The molecular weight excluding hydrogens is 192 g/mol. The van der Waals surface area contributed by atoms with Gasteiger partial charge >= 0.3 is 0 Å². The van der Waals surface area contributed by atoms with Gasteiger partial charge in [0, 0.05) is 5.69 Å². The average Bonchev–Trinajstić information content (AvgIpc) is 2.16. The highest BCUT2D eigenvalue weighted by Crippen LogP contribution is 2.11. The Morgan fingerprint density at radius 1 is 1.36 bits per heavy atom. The normalized spacial score (nSPS) is 9.79. The zero-order valence-electron chi connectivity index (χ0n) is 8.42. The molecule has 0 saturated heterocycles. The summed E-state index contributed by atoms with van der Waals surface area (Å²) < 4.78 is 0. The second-order valence-corrected chi connectivity index (χ2v) is 3.73. The van der Waals surface area contributed by atoms with E-state index in [0.717, 1.165) is 12.1 Å². The summed E-state index contributed by atoms with van der Waals surface area (Å²) in [5, 5.41) is 3.21. The topological polar surface area (TPSA) is 38.0 Å². The van der Waals surface area contributed by atoms with Gasteiger partial charge in [0.25, 0.3) is 0 Å². The molecule has 0 aromatic heterocycles. The van der Waals surface area contributed by atoms with Gasteiger partial charge in [0.2, 0.25) is 0 Å². The molecule has 0 aliphatic carbocycles. The van der Waals surface area contributed by atoms with Gasteiger partial charge in [0.05, 0.1) is 0 Å². The highest BCUT2D eigenvalue weighted by molar-refractivity contribution is 7.80. The fourth-order valence-electron chi connectivity index (χ4n) is 1.28. The summed E-state index contributed by atoms with van der Waals surface area (Å²) in [6, 6.07) is 8.22. The summed E-state index contributed by atoms with van der Waals surface area (Å²) in [6.07, 6.45) is 3.61. The molecule has 1 aromatic rings. The maximum atomic E-state index is 5.36. The van der Waals surface area contributed by atoms with E-state index in [9.17, 15) is 0 Å². The number of benzene rings is 1. The minimum atomic E-state index is 0.311. The zero-order valence-corrected chi connectivity index (χ0v) is 9.23. The van der Waals surface area contributed by atoms with E-state index in [4.69, 9.17) is 18.0 Å². The molecule has 0 saturated carbocycles. The Morgan fingerprint density at radius 2 is 2.00 bits per heavy atom. The van der Waals surface area contributed by atoms with Crippen LogP contribution in [0.3, 0.4) is 0 Å². The van der Waals surface area contributed by atoms with Crippen molar-refractivity contribution in [3.05, 3.63) is 29.8 Å². The fraction of sp³-hybridized carbons (Fsp3) is 0.364. The van der Waals surface area contributed by atoms with Crippen LogP contribution in [0.25, 0.3) is 0 Å². The first-order valence-corrected chi connectivity index (χ1v) is 5.28. The molecular formula is C11H16N2S. The van der Waals surface area contributed by atoms with Crippen LogP contribution in [-0.4, -0.2) is 5.11 Å². The van der Waals surface area contributed by atoms with Crippen LogP contribution < -0.4 is 11.1 Å². The van der Waals surface area contributed by atoms with Crippen LogP contribution in [0, 0.1) is 0 Å². The molecule has 0 aliphatic heterocycles. The lowest BCUT2D eigenvalue weighted by Crippen LogP contribution is -2.18. The number of unbranched alkanes of at least 4 members (excludes halogenated alkanes) is 1. The molecule has 0 radical (unpaired) electrons. The lowest BCUT2D eigenvalue weighted by molar-refractivity contribution is 0.795. The van der Waals surface area contributed by atoms with E-state index in [1.807, 2.05) is 12.1 Å². The Morgan fingerprint density at radius 3 is 2.50 bits per heavy atom. The first-order valence-electron chi connectivity index (χ1n) is 4.87. The van der Waals surface area contributed by atoms with Crippen molar-refractivity contribution < 1.29 is 0 Å². The third kappa shape index (κ3) is 3.75. The van der Waals surface area contributed by atoms with Crippen molar-refractivity contribution in [3.8, 4) is 0 Å². The summed E-state index contributed by atoms with van der Waals surface area (Å²) >= 11 is 4.75. The predicted molar refractivity (Wildman–Crippen MR) is 65.5 cm³/mol. The van der Waals surface area contributed by atoms with E-state index in [0.29, 0.717) is 5.11 Å². The second-order valence-electron chi connectivity index (χ2n) is 3.29. The summed E-state index contributed by atoms with van der Waals surface area (Å²) in [4.78, 5) is 0. The number of aryl methyl sites for hydroxylation is 1. The van der Waals surface area contributed by atoms with Crippen LogP contribution in [0.5, 0.6) is 0 Å². The molecule has 2 nitrogen and oxygen atoms in total. The molecule has 0 bridgehead atoms. The van der Waals surface area contributed by atoms with Crippen molar-refractivity contribution >= 4 is 23.0 Å². The molecule has 0 spiro atoms. The number of nitrogens with two attached hydrogens (primary N) is 1. The zero-order chi connectivity index (χ0) is 10.4. The standard InChI is InChI=1S/C11H16N2S/c1-2-3-4-9-5-7-10(8-6-9)13-11(12)14/h5-8H,2-4H2,1H3,(H3,12,13,14). The van der Waals surface area contributed by atoms with Gasteiger partial charge < -0.3 is 11.1 Å². The molecule has 76 valence electrons. The fourth-order valence-corrected chi connectivity index (χ4v) is 1.40. The van der Waals surface area contributed by atoms with Crippen LogP contribution in [0.4, 0.5) is 5.69 Å². The van der Waals surface area contributed by atoms with E-state index in [-0.39, 0.29) is 0 Å². The van der Waals surface area contributed by atoms with E-state index in [1.165, 1.54) is 18.4 Å². The average molecular weight is 208 g/mol. The van der Waals surface area contributed by atoms with Crippen LogP contribution in [0.1, 0.15) is 25.3 Å². The molecule has 0 heterocycles. The van der Waals surface area contributed by atoms with Crippen molar-refractivity contribution in [2.45, 2.75) is 26.2 Å². The van der Waals surface area contributed by atoms with Crippen molar-refractivity contribution in [3.63, 3.8) is 0 Å². The highest BCUT2D eigenvalue weighted by Gasteiger charge is 1.94. The number of thiocarbonyl (C=S) groups is 1. The van der Waals surface area contributed by atoms with E-state index in [1.54, 1.807) is 0 Å². The van der Waals surface area contributed by atoms with E-state index >= 15 is 0 Å². The number of nitrogens with one attached hydrogen (secondary N) is 1. The van der Waals surface area contributed by atoms with Gasteiger partial charge in [0.1, 0.15) is 0 Å². The molecule has 3 heteroatoms. The van der Waals surface area contributed by atoms with Crippen LogP contribution >= 0.6 is 12.2 Å². The van der Waals surface area contributed by atoms with Crippen molar-refractivity contribution in [1.82, 2.24) is 0 Å². The number of hydrogen-bond donors (Lipinski definition) is 2. The van der Waals surface area contributed by atoms with Crippen LogP contribution in [-0.2, 0) is 6.42 Å². The molecule has 0 fully saturated rings. The molecule has 1 aromatic carbocycles. The van der Waals surface area contributed by atoms with Crippen molar-refractivity contribution in [2.75, 3.05) is 5.32 Å². The van der Waals surface area contributed by atoms with E-state index in [2.05, 4.69) is 24.4 Å². The third-order valence-electron chi connectivity index (χ3n) is 2.04. The maximum Gasteiger partial charge on any atom is 0.168 e. The summed E-state index contributed by atoms with van der Waals surface area (Å²) in [6.45, 7) is 2.20. The minimum Gasteiger partial charge on any atom is -0.376 e. The first kappa shape index (κ1) is 11.0. The lowest BCUT2D eigenvalue weighted by atomic mass is 10.1. The third-order valence-corrected chi connectivity index (χ3v) is 2.14. The Bertz CT molecular complexity index is 293. The van der Waals surface area contributed by atoms with Crippen molar-refractivity contribution in [2.24, 2.45) is 5.73 Å². The van der Waals surface area contributed by atoms with Gasteiger partial charge in [-0.25, -0.2) is 0 Å². The van der Waals surface area contributed by atoms with E-state index < -0.39 is 0 Å². The second kappa shape index (κ2) is 5.60. The van der Waals surface area contributed by atoms with Gasteiger partial charge in [-0.15, -0.1) is 0 Å². The largest absolute Gasteiger partial charge is 0.376 e. The minimum absolute atomic E-state index is 0.311. The summed E-state index contributed by atoms with van der Waals surface area (Å²) in [5.41, 5.74) is 7.68. The summed E-state index contributed by atoms with van der Waals surface area (Å²) in [7, 11) is 0. The summed E-state index contributed by atoms with van der Waals surface area (Å²) in [5.74, 6) is 0. The Kier molecular flexibility index (Phi) is 4.40. The monoisotopic (exact) mass is 208 g/mol. The highest BCUT2D eigenvalue weighted by atomic mass is 32.1. The molecule has 0 amide bonds. The maximum absolute atomic E-state index is 5.36. The van der Waals surface area contributed by atoms with Gasteiger partial charge in [-0.3, -0.25) is 0 Å². The van der Waals surface area contributed by atoms with Crippen molar-refractivity contribution in [1.29, 1.82) is 0 Å². The molecule has 1 rings (SSSR count). The van der Waals surface area contributed by atoms with Crippen LogP contribution in [0.15, 0.2) is 24.3 Å². The molecule has 0 atom stereocenters. The Balaban J connectivity index is 2.54. The van der Waals surface area contributed by atoms with Gasteiger partial charge in [0.15, 0.2) is 5.11 Å². The molecule has 0 aliphatic rings. The Labute approximate surface area is 90.5 Å². The molecule has 0 unspecified atom stereocenters. The molecule has 14 heavy (non-hydrogen) atoms. The number of anilines is 1. The quantitative estimate of drug-likeness (QED) is 0.747.